The molecule has 0 aromatic heterocycles. The lowest BCUT2D eigenvalue weighted by Gasteiger charge is -2.21. The van der Waals surface area contributed by atoms with Crippen molar-refractivity contribution in [1.82, 2.24) is 0 Å². The quantitative estimate of drug-likeness (QED) is 0.392. The minimum atomic E-state index is 0.768. The van der Waals surface area contributed by atoms with Crippen molar-refractivity contribution in [1.29, 1.82) is 0 Å². The van der Waals surface area contributed by atoms with Gasteiger partial charge in [0.25, 0.3) is 0 Å². The Morgan fingerprint density at radius 2 is 1.04 bits per heavy atom. The van der Waals surface area contributed by atoms with Crippen LogP contribution in [-0.4, -0.2) is 7.85 Å². The lowest BCUT2D eigenvalue weighted by atomic mass is 9.77. The predicted molar refractivity (Wildman–Crippen MR) is 118 cm³/mol. The summed E-state index contributed by atoms with van der Waals surface area (Å²) in [5, 5.41) is 0. The third-order valence-corrected chi connectivity index (χ3v) is 4.81. The van der Waals surface area contributed by atoms with Gasteiger partial charge in [-0.1, -0.05) is 115 Å². The van der Waals surface area contributed by atoms with Crippen LogP contribution in [-0.2, 0) is 0 Å². The Kier molecular flexibility index (Phi) is 4.76. The van der Waals surface area contributed by atoms with Crippen molar-refractivity contribution in [2.45, 2.75) is 0 Å². The van der Waals surface area contributed by atoms with E-state index in [9.17, 15) is 0 Å². The molecular weight excluding hydrogens is 323 g/mol. The van der Waals surface area contributed by atoms with Crippen molar-refractivity contribution in [2.75, 3.05) is 0 Å². The molecule has 4 aromatic carbocycles. The fraction of sp³-hybridized carbons (Fsp3) is 0. The Morgan fingerprint density at radius 3 is 1.52 bits per heavy atom. The van der Waals surface area contributed by atoms with Crippen LogP contribution < -0.4 is 5.46 Å². The summed E-state index contributed by atoms with van der Waals surface area (Å²) in [5.41, 5.74) is 8.52. The standard InChI is InChI=1S/C26H19B/c1-2-22-23(19-12-6-3-7-13-19)18-24(27)26(21-16-10-5-11-17-21)25(22)20-14-8-4-9-15-20/h2-18H,1H2. The van der Waals surface area contributed by atoms with Crippen molar-refractivity contribution < 1.29 is 0 Å². The average molecular weight is 342 g/mol. The zero-order chi connectivity index (χ0) is 18.6. The van der Waals surface area contributed by atoms with Crippen LogP contribution in [0.3, 0.4) is 0 Å². The maximum atomic E-state index is 6.62. The summed E-state index contributed by atoms with van der Waals surface area (Å²) in [5.74, 6) is 0. The summed E-state index contributed by atoms with van der Waals surface area (Å²) in [6.45, 7) is 4.13. The second-order valence-corrected chi connectivity index (χ2v) is 6.48. The first-order valence-electron chi connectivity index (χ1n) is 9.04. The van der Waals surface area contributed by atoms with Gasteiger partial charge < -0.3 is 0 Å². The lowest BCUT2D eigenvalue weighted by Crippen LogP contribution is -2.11. The lowest BCUT2D eigenvalue weighted by molar-refractivity contribution is 1.56. The van der Waals surface area contributed by atoms with Gasteiger partial charge in [0.2, 0.25) is 0 Å². The van der Waals surface area contributed by atoms with Crippen molar-refractivity contribution in [3.8, 4) is 33.4 Å². The largest absolute Gasteiger partial charge is 0.114 e. The summed E-state index contributed by atoms with van der Waals surface area (Å²) >= 11 is 0. The van der Waals surface area contributed by atoms with Gasteiger partial charge in [0.15, 0.2) is 0 Å². The summed E-state index contributed by atoms with van der Waals surface area (Å²) in [7, 11) is 6.62. The van der Waals surface area contributed by atoms with Crippen molar-refractivity contribution in [2.24, 2.45) is 0 Å². The van der Waals surface area contributed by atoms with E-state index in [4.69, 9.17) is 7.85 Å². The molecule has 0 aliphatic heterocycles. The second kappa shape index (κ2) is 7.51. The fourth-order valence-electron chi connectivity index (χ4n) is 3.61. The topological polar surface area (TPSA) is 0 Å². The molecule has 0 fully saturated rings. The molecule has 0 atom stereocenters. The molecule has 0 aliphatic rings. The van der Waals surface area contributed by atoms with E-state index in [0.29, 0.717) is 0 Å². The first kappa shape index (κ1) is 17.1. The number of hydrogen-bond acceptors (Lipinski definition) is 0. The van der Waals surface area contributed by atoms with Crippen LogP contribution in [0.25, 0.3) is 39.5 Å². The monoisotopic (exact) mass is 342 g/mol. The molecule has 4 aromatic rings. The molecule has 0 heterocycles. The average Bonchev–Trinajstić information content (AvgIpc) is 2.75. The Bertz CT molecular complexity index is 1070. The highest BCUT2D eigenvalue weighted by molar-refractivity contribution is 6.37. The van der Waals surface area contributed by atoms with Gasteiger partial charge >= 0.3 is 0 Å². The molecule has 0 bridgehead atoms. The summed E-state index contributed by atoms with van der Waals surface area (Å²) < 4.78 is 0. The minimum Gasteiger partial charge on any atom is -0.0984 e. The van der Waals surface area contributed by atoms with Crippen molar-refractivity contribution >= 4 is 19.4 Å². The molecule has 0 amide bonds. The van der Waals surface area contributed by atoms with E-state index in [1.165, 1.54) is 0 Å². The third-order valence-electron chi connectivity index (χ3n) is 4.81. The summed E-state index contributed by atoms with van der Waals surface area (Å²) in [4.78, 5) is 0. The molecule has 126 valence electrons. The molecule has 0 spiro atoms. The smallest absolute Gasteiger partial charge is 0.0984 e. The number of rotatable bonds is 4. The van der Waals surface area contributed by atoms with Crippen molar-refractivity contribution in [3.05, 3.63) is 109 Å². The molecule has 2 radical (unpaired) electrons. The van der Waals surface area contributed by atoms with Crippen LogP contribution in [0.4, 0.5) is 0 Å². The van der Waals surface area contributed by atoms with Crippen LogP contribution in [0.2, 0.25) is 0 Å². The first-order valence-corrected chi connectivity index (χ1v) is 9.04. The maximum Gasteiger partial charge on any atom is 0.114 e. The van der Waals surface area contributed by atoms with Gasteiger partial charge in [-0.05, 0) is 38.9 Å². The Balaban J connectivity index is 2.11. The van der Waals surface area contributed by atoms with E-state index in [-0.39, 0.29) is 0 Å². The van der Waals surface area contributed by atoms with Crippen LogP contribution in [0, 0.1) is 0 Å². The fourth-order valence-corrected chi connectivity index (χ4v) is 3.61. The highest BCUT2D eigenvalue weighted by atomic mass is 14.2. The van der Waals surface area contributed by atoms with Gasteiger partial charge in [-0.3, -0.25) is 0 Å². The van der Waals surface area contributed by atoms with Crippen LogP contribution in [0.5, 0.6) is 0 Å². The zero-order valence-electron chi connectivity index (χ0n) is 15.1. The van der Waals surface area contributed by atoms with Crippen LogP contribution >= 0.6 is 0 Å². The molecule has 0 aliphatic carbocycles. The molecule has 4 rings (SSSR count). The molecule has 27 heavy (non-hydrogen) atoms. The molecule has 0 nitrogen and oxygen atoms in total. The maximum absolute atomic E-state index is 6.62. The van der Waals surface area contributed by atoms with Gasteiger partial charge in [-0.2, -0.15) is 0 Å². The normalized spacial score (nSPS) is 10.5. The van der Waals surface area contributed by atoms with E-state index in [1.54, 1.807) is 0 Å². The molecule has 0 N–H and O–H groups in total. The van der Waals surface area contributed by atoms with E-state index in [1.807, 2.05) is 48.5 Å². The van der Waals surface area contributed by atoms with Gasteiger partial charge in [0.1, 0.15) is 7.85 Å². The molecule has 1 heteroatoms. The third kappa shape index (κ3) is 3.25. The molecule has 0 unspecified atom stereocenters. The van der Waals surface area contributed by atoms with E-state index in [2.05, 4.69) is 61.2 Å². The van der Waals surface area contributed by atoms with Crippen LogP contribution in [0.1, 0.15) is 5.56 Å². The van der Waals surface area contributed by atoms with E-state index >= 15 is 0 Å². The first-order chi connectivity index (χ1) is 13.3. The number of hydrogen-bond donors (Lipinski definition) is 0. The highest BCUT2D eigenvalue weighted by Crippen LogP contribution is 2.39. The minimum absolute atomic E-state index is 0.768. The Labute approximate surface area is 162 Å². The van der Waals surface area contributed by atoms with E-state index in [0.717, 1.165) is 44.4 Å². The zero-order valence-corrected chi connectivity index (χ0v) is 15.1. The summed E-state index contributed by atoms with van der Waals surface area (Å²) in [6, 6.07) is 33.1. The van der Waals surface area contributed by atoms with Crippen LogP contribution in [0.15, 0.2) is 104 Å². The second-order valence-electron chi connectivity index (χ2n) is 6.48. The Hall–Kier alpha value is -3.32. The summed E-state index contributed by atoms with van der Waals surface area (Å²) in [6.07, 6.45) is 1.94. The molecule has 0 saturated heterocycles. The highest BCUT2D eigenvalue weighted by Gasteiger charge is 2.17. The van der Waals surface area contributed by atoms with E-state index < -0.39 is 0 Å². The van der Waals surface area contributed by atoms with Gasteiger partial charge in [-0.15, -0.1) is 0 Å². The van der Waals surface area contributed by atoms with Gasteiger partial charge in [0, 0.05) is 0 Å². The van der Waals surface area contributed by atoms with Gasteiger partial charge in [-0.25, -0.2) is 0 Å². The predicted octanol–water partition coefficient (Wildman–Crippen LogP) is 6.12. The molecule has 0 saturated carbocycles. The van der Waals surface area contributed by atoms with Gasteiger partial charge in [0.05, 0.1) is 0 Å². The Morgan fingerprint density at radius 1 is 0.593 bits per heavy atom. The number of benzene rings is 4. The SMILES string of the molecule is [B]c1cc(-c2ccccc2)c(C=C)c(-c2ccccc2)c1-c1ccccc1. The van der Waals surface area contributed by atoms with Crippen molar-refractivity contribution in [3.63, 3.8) is 0 Å². The molecular formula is C26H19B.